The molecule has 20 heavy (non-hydrogen) atoms. The van der Waals surface area contributed by atoms with Gasteiger partial charge in [0.05, 0.1) is 12.6 Å². The van der Waals surface area contributed by atoms with E-state index in [9.17, 15) is 9.18 Å². The number of hydrogen-bond acceptors (Lipinski definition) is 2. The SMILES string of the molecule is O=C(NCCO)NC(c1ccccc1F)C1CCCC1. The third kappa shape index (κ3) is 3.70. The summed E-state index contributed by atoms with van der Waals surface area (Å²) in [6.07, 6.45) is 4.24. The third-order valence-corrected chi connectivity index (χ3v) is 3.80. The van der Waals surface area contributed by atoms with Gasteiger partial charge < -0.3 is 15.7 Å². The first-order valence-corrected chi connectivity index (χ1v) is 7.12. The van der Waals surface area contributed by atoms with Crippen molar-refractivity contribution in [1.82, 2.24) is 10.6 Å². The zero-order valence-corrected chi connectivity index (χ0v) is 11.4. The fourth-order valence-corrected chi connectivity index (χ4v) is 2.83. The molecule has 1 atom stereocenters. The van der Waals surface area contributed by atoms with Crippen molar-refractivity contribution in [2.45, 2.75) is 31.7 Å². The first kappa shape index (κ1) is 14.8. The van der Waals surface area contributed by atoms with Crippen molar-refractivity contribution in [3.05, 3.63) is 35.6 Å². The van der Waals surface area contributed by atoms with Gasteiger partial charge in [-0.2, -0.15) is 0 Å². The van der Waals surface area contributed by atoms with Crippen molar-refractivity contribution in [2.75, 3.05) is 13.2 Å². The summed E-state index contributed by atoms with van der Waals surface area (Å²) in [5.74, 6) is -0.0152. The minimum absolute atomic E-state index is 0.110. The van der Waals surface area contributed by atoms with Crippen LogP contribution < -0.4 is 10.6 Å². The van der Waals surface area contributed by atoms with Crippen LogP contribution in [0.2, 0.25) is 0 Å². The van der Waals surface area contributed by atoms with Gasteiger partial charge in [-0.3, -0.25) is 0 Å². The number of carbonyl (C=O) groups is 1. The molecule has 0 aromatic heterocycles. The molecule has 1 saturated carbocycles. The van der Waals surface area contributed by atoms with Crippen molar-refractivity contribution in [2.24, 2.45) is 5.92 Å². The number of aliphatic hydroxyl groups is 1. The van der Waals surface area contributed by atoms with Crippen LogP contribution in [-0.2, 0) is 0 Å². The lowest BCUT2D eigenvalue weighted by atomic mass is 9.91. The molecule has 1 aliphatic rings. The molecule has 4 nitrogen and oxygen atoms in total. The van der Waals surface area contributed by atoms with E-state index in [4.69, 9.17) is 5.11 Å². The number of urea groups is 1. The highest BCUT2D eigenvalue weighted by Crippen LogP contribution is 2.36. The number of carbonyl (C=O) groups excluding carboxylic acids is 1. The van der Waals surface area contributed by atoms with Crippen molar-refractivity contribution >= 4 is 6.03 Å². The highest BCUT2D eigenvalue weighted by atomic mass is 19.1. The summed E-state index contributed by atoms with van der Waals surface area (Å²) < 4.78 is 14.0. The van der Waals surface area contributed by atoms with Crippen molar-refractivity contribution in [3.8, 4) is 0 Å². The van der Waals surface area contributed by atoms with Crippen LogP contribution in [0.5, 0.6) is 0 Å². The van der Waals surface area contributed by atoms with E-state index in [1.807, 2.05) is 0 Å². The summed E-state index contributed by atoms with van der Waals surface area (Å²) in [6.45, 7) is 0.0850. The van der Waals surface area contributed by atoms with Gasteiger partial charge in [-0.15, -0.1) is 0 Å². The molecule has 0 heterocycles. The summed E-state index contributed by atoms with van der Waals surface area (Å²) in [7, 11) is 0. The Labute approximate surface area is 118 Å². The molecule has 0 saturated heterocycles. The zero-order chi connectivity index (χ0) is 14.4. The minimum atomic E-state index is -0.362. The first-order chi connectivity index (χ1) is 9.72. The van der Waals surface area contributed by atoms with Crippen molar-refractivity contribution in [1.29, 1.82) is 0 Å². The lowest BCUT2D eigenvalue weighted by molar-refractivity contribution is 0.224. The summed E-state index contributed by atoms with van der Waals surface area (Å²) in [6, 6.07) is 5.91. The number of nitrogens with one attached hydrogen (secondary N) is 2. The highest BCUT2D eigenvalue weighted by Gasteiger charge is 2.29. The molecule has 2 rings (SSSR count). The average Bonchev–Trinajstić information content (AvgIpc) is 2.97. The predicted octanol–water partition coefficient (Wildman–Crippen LogP) is 2.35. The molecule has 0 radical (unpaired) electrons. The van der Waals surface area contributed by atoms with Gasteiger partial charge in [0.15, 0.2) is 0 Å². The molecular weight excluding hydrogens is 259 g/mol. The number of halogens is 1. The molecule has 0 bridgehead atoms. The summed E-state index contributed by atoms with van der Waals surface area (Å²) in [5.41, 5.74) is 0.540. The molecule has 110 valence electrons. The fourth-order valence-electron chi connectivity index (χ4n) is 2.83. The van der Waals surface area contributed by atoms with Crippen molar-refractivity contribution < 1.29 is 14.3 Å². The van der Waals surface area contributed by atoms with Crippen LogP contribution in [0.3, 0.4) is 0 Å². The molecule has 3 N–H and O–H groups in total. The van der Waals surface area contributed by atoms with Crippen LogP contribution in [-0.4, -0.2) is 24.3 Å². The van der Waals surface area contributed by atoms with Crippen LogP contribution in [0.4, 0.5) is 9.18 Å². The predicted molar refractivity (Wildman–Crippen MR) is 74.7 cm³/mol. The Morgan fingerprint density at radius 3 is 2.70 bits per heavy atom. The van der Waals surface area contributed by atoms with E-state index in [-0.39, 0.29) is 37.0 Å². The van der Waals surface area contributed by atoms with E-state index in [0.717, 1.165) is 25.7 Å². The van der Waals surface area contributed by atoms with E-state index in [0.29, 0.717) is 5.56 Å². The van der Waals surface area contributed by atoms with Gasteiger partial charge >= 0.3 is 6.03 Å². The highest BCUT2D eigenvalue weighted by molar-refractivity contribution is 5.74. The average molecular weight is 280 g/mol. The molecule has 0 aliphatic heterocycles. The third-order valence-electron chi connectivity index (χ3n) is 3.80. The number of aliphatic hydroxyl groups excluding tert-OH is 1. The lowest BCUT2D eigenvalue weighted by Crippen LogP contribution is -2.41. The maximum absolute atomic E-state index is 14.0. The van der Waals surface area contributed by atoms with Gasteiger partial charge in [0, 0.05) is 12.1 Å². The van der Waals surface area contributed by atoms with Gasteiger partial charge in [0.25, 0.3) is 0 Å². The molecule has 2 amide bonds. The zero-order valence-electron chi connectivity index (χ0n) is 11.4. The Balaban J connectivity index is 2.12. The smallest absolute Gasteiger partial charge is 0.315 e. The number of amides is 2. The van der Waals surface area contributed by atoms with E-state index < -0.39 is 0 Å². The molecule has 1 aromatic carbocycles. The molecule has 1 aliphatic carbocycles. The first-order valence-electron chi connectivity index (χ1n) is 7.12. The fraction of sp³-hybridized carbons (Fsp3) is 0.533. The number of hydrogen-bond donors (Lipinski definition) is 3. The largest absolute Gasteiger partial charge is 0.395 e. The van der Waals surface area contributed by atoms with Gasteiger partial charge in [-0.25, -0.2) is 9.18 Å². The van der Waals surface area contributed by atoms with Crippen LogP contribution in [0.15, 0.2) is 24.3 Å². The monoisotopic (exact) mass is 280 g/mol. The quantitative estimate of drug-likeness (QED) is 0.775. The van der Waals surface area contributed by atoms with Gasteiger partial charge in [0.1, 0.15) is 5.82 Å². The lowest BCUT2D eigenvalue weighted by Gasteiger charge is -2.25. The molecule has 5 heteroatoms. The second-order valence-electron chi connectivity index (χ2n) is 5.17. The van der Waals surface area contributed by atoms with Crippen LogP contribution in [0.1, 0.15) is 37.3 Å². The minimum Gasteiger partial charge on any atom is -0.395 e. The normalized spacial score (nSPS) is 16.9. The Bertz CT molecular complexity index is 447. The summed E-state index contributed by atoms with van der Waals surface area (Å²) in [4.78, 5) is 11.8. The summed E-state index contributed by atoms with van der Waals surface area (Å²) >= 11 is 0. The second-order valence-corrected chi connectivity index (χ2v) is 5.17. The van der Waals surface area contributed by atoms with E-state index in [1.165, 1.54) is 6.07 Å². The Kier molecular flexibility index (Phi) is 5.35. The molecule has 1 fully saturated rings. The van der Waals surface area contributed by atoms with Crippen LogP contribution in [0, 0.1) is 11.7 Å². The second kappa shape index (κ2) is 7.24. The molecular formula is C15H21FN2O2. The van der Waals surface area contributed by atoms with Crippen molar-refractivity contribution in [3.63, 3.8) is 0 Å². The van der Waals surface area contributed by atoms with E-state index in [1.54, 1.807) is 18.2 Å². The maximum atomic E-state index is 14.0. The van der Waals surface area contributed by atoms with Gasteiger partial charge in [-0.05, 0) is 24.8 Å². The van der Waals surface area contributed by atoms with E-state index in [2.05, 4.69) is 10.6 Å². The van der Waals surface area contributed by atoms with Crippen LogP contribution >= 0.6 is 0 Å². The van der Waals surface area contributed by atoms with Crippen LogP contribution in [0.25, 0.3) is 0 Å². The maximum Gasteiger partial charge on any atom is 0.315 e. The molecule has 1 unspecified atom stereocenters. The Hall–Kier alpha value is -1.62. The number of benzene rings is 1. The van der Waals surface area contributed by atoms with Gasteiger partial charge in [0.2, 0.25) is 0 Å². The Morgan fingerprint density at radius 1 is 1.35 bits per heavy atom. The number of rotatable bonds is 5. The topological polar surface area (TPSA) is 61.4 Å². The standard InChI is InChI=1S/C15H21FN2O2/c16-13-8-4-3-7-12(13)14(11-5-1-2-6-11)18-15(20)17-9-10-19/h3-4,7-8,11,14,19H,1-2,5-6,9-10H2,(H2,17,18,20). The Morgan fingerprint density at radius 2 is 2.05 bits per heavy atom. The molecule has 1 aromatic rings. The summed E-state index contributed by atoms with van der Waals surface area (Å²) in [5, 5.41) is 14.1. The van der Waals surface area contributed by atoms with E-state index >= 15 is 0 Å². The molecule has 0 spiro atoms. The van der Waals surface area contributed by atoms with Gasteiger partial charge in [-0.1, -0.05) is 31.0 Å².